The number of fused-ring (bicyclic) bond motifs is 3. The summed E-state index contributed by atoms with van der Waals surface area (Å²) in [5.74, 6) is -1.65. The minimum Gasteiger partial charge on any atom is -0.459 e. The molecule has 31 heavy (non-hydrogen) atoms. The first-order valence-corrected chi connectivity index (χ1v) is 10.2. The van der Waals surface area contributed by atoms with Gasteiger partial charge >= 0.3 is 12.1 Å². The van der Waals surface area contributed by atoms with E-state index in [0.717, 1.165) is 26.7 Å². The van der Waals surface area contributed by atoms with Crippen LogP contribution in [0, 0.1) is 0 Å². The Bertz CT molecular complexity index is 1250. The molecule has 0 saturated heterocycles. The average molecular weight is 449 g/mol. The van der Waals surface area contributed by atoms with Crippen molar-refractivity contribution in [3.8, 4) is 10.4 Å². The second-order valence-corrected chi connectivity index (χ2v) is 7.78. The van der Waals surface area contributed by atoms with Crippen molar-refractivity contribution in [1.29, 1.82) is 0 Å². The maximum Gasteiger partial charge on any atom is 0.490 e. The topological polar surface area (TPSA) is 95.1 Å². The third-order valence-electron chi connectivity index (χ3n) is 4.70. The highest BCUT2D eigenvalue weighted by molar-refractivity contribution is 7.13. The number of ether oxygens (including phenoxy) is 1. The fourth-order valence-electron chi connectivity index (χ4n) is 3.41. The van der Waals surface area contributed by atoms with Crippen LogP contribution in [-0.2, 0) is 16.6 Å². The summed E-state index contributed by atoms with van der Waals surface area (Å²) in [6.45, 7) is -0.134. The summed E-state index contributed by atoms with van der Waals surface area (Å²) in [6, 6.07) is 7.93. The predicted molar refractivity (Wildman–Crippen MR) is 114 cm³/mol. The van der Waals surface area contributed by atoms with Crippen molar-refractivity contribution >= 4 is 50.9 Å². The van der Waals surface area contributed by atoms with E-state index in [1.165, 1.54) is 0 Å². The molecule has 0 bridgehead atoms. The van der Waals surface area contributed by atoms with Gasteiger partial charge in [-0.05, 0) is 30.0 Å². The van der Waals surface area contributed by atoms with Crippen LogP contribution in [0.2, 0.25) is 0 Å². The summed E-state index contributed by atoms with van der Waals surface area (Å²) in [6.07, 6.45) is -2.89. The lowest BCUT2D eigenvalue weighted by atomic mass is 10.0. The maximum absolute atomic E-state index is 12.2. The monoisotopic (exact) mass is 449 g/mol. The Hall–Kier alpha value is -3.34. The second-order valence-electron chi connectivity index (χ2n) is 6.83. The lowest BCUT2D eigenvalue weighted by Gasteiger charge is -2.13. The molecule has 0 aliphatic rings. The van der Waals surface area contributed by atoms with Crippen molar-refractivity contribution in [2.45, 2.75) is 12.6 Å². The highest BCUT2D eigenvalue weighted by Crippen LogP contribution is 2.39. The van der Waals surface area contributed by atoms with E-state index in [1.807, 2.05) is 47.5 Å². The number of aryl methyl sites for hydroxylation is 1. The zero-order chi connectivity index (χ0) is 22.2. The number of thiophene rings is 1. The van der Waals surface area contributed by atoms with Gasteiger partial charge < -0.3 is 20.4 Å². The fraction of sp³-hybridized carbons (Fsp3) is 0.250. The van der Waals surface area contributed by atoms with Gasteiger partial charge in [0, 0.05) is 35.6 Å². The van der Waals surface area contributed by atoms with Crippen molar-refractivity contribution in [3.05, 3.63) is 35.8 Å². The molecule has 4 rings (SSSR count). The van der Waals surface area contributed by atoms with Gasteiger partial charge in [0.05, 0.1) is 23.0 Å². The molecule has 1 aromatic carbocycles. The molecule has 11 heteroatoms. The summed E-state index contributed by atoms with van der Waals surface area (Å²) < 4.78 is 42.9. The molecule has 3 heterocycles. The highest BCUT2D eigenvalue weighted by atomic mass is 32.1. The Balaban J connectivity index is 1.64. The van der Waals surface area contributed by atoms with Crippen LogP contribution in [0.1, 0.15) is 6.42 Å². The number of rotatable bonds is 6. The van der Waals surface area contributed by atoms with Crippen molar-refractivity contribution in [3.63, 3.8) is 0 Å². The minimum absolute atomic E-state index is 0.0749. The SMILES string of the molecule is Cn1ccc2c3c(NCCCOC(=O)C(F)(F)F)nc(N)nc3cc(-c3cccs3)c21. The fourth-order valence-corrected chi connectivity index (χ4v) is 4.15. The van der Waals surface area contributed by atoms with E-state index in [2.05, 4.69) is 20.0 Å². The molecule has 0 fully saturated rings. The molecule has 162 valence electrons. The van der Waals surface area contributed by atoms with Gasteiger partial charge in [0.15, 0.2) is 0 Å². The van der Waals surface area contributed by atoms with Crippen molar-refractivity contribution < 1.29 is 22.7 Å². The maximum atomic E-state index is 12.2. The lowest BCUT2D eigenvalue weighted by Crippen LogP contribution is -2.26. The molecule has 4 aromatic rings. The van der Waals surface area contributed by atoms with E-state index in [1.54, 1.807) is 11.3 Å². The van der Waals surface area contributed by atoms with Gasteiger partial charge in [-0.15, -0.1) is 11.3 Å². The van der Waals surface area contributed by atoms with Crippen molar-refractivity contribution in [2.24, 2.45) is 7.05 Å². The molecule has 0 atom stereocenters. The molecular weight excluding hydrogens is 431 g/mol. The normalized spacial score (nSPS) is 11.9. The van der Waals surface area contributed by atoms with Gasteiger partial charge in [0.2, 0.25) is 5.95 Å². The predicted octanol–water partition coefficient (Wildman–Crippen LogP) is 4.34. The highest BCUT2D eigenvalue weighted by Gasteiger charge is 2.40. The molecule has 7 nitrogen and oxygen atoms in total. The number of nitrogen functional groups attached to an aromatic ring is 1. The third kappa shape index (κ3) is 4.13. The Morgan fingerprint density at radius 1 is 1.32 bits per heavy atom. The molecule has 3 aromatic heterocycles. The number of carbonyl (C=O) groups is 1. The van der Waals surface area contributed by atoms with Crippen LogP contribution in [0.25, 0.3) is 32.2 Å². The summed E-state index contributed by atoms with van der Waals surface area (Å²) in [4.78, 5) is 20.6. The Morgan fingerprint density at radius 3 is 2.84 bits per heavy atom. The first kappa shape index (κ1) is 20.9. The lowest BCUT2D eigenvalue weighted by molar-refractivity contribution is -0.199. The van der Waals surface area contributed by atoms with Gasteiger partial charge in [0.1, 0.15) is 5.82 Å². The number of halogens is 3. The van der Waals surface area contributed by atoms with Crippen molar-refractivity contribution in [1.82, 2.24) is 14.5 Å². The number of hydrogen-bond acceptors (Lipinski definition) is 7. The Labute approximate surface area is 178 Å². The number of nitrogens with zero attached hydrogens (tertiary/aromatic N) is 3. The van der Waals surface area contributed by atoms with Crippen LogP contribution in [0.15, 0.2) is 35.8 Å². The van der Waals surface area contributed by atoms with E-state index in [-0.39, 0.29) is 25.5 Å². The number of alkyl halides is 3. The zero-order valence-electron chi connectivity index (χ0n) is 16.4. The zero-order valence-corrected chi connectivity index (χ0v) is 17.2. The molecule has 0 aliphatic heterocycles. The van der Waals surface area contributed by atoms with Gasteiger partial charge in [-0.3, -0.25) is 0 Å². The molecule has 0 spiro atoms. The van der Waals surface area contributed by atoms with Crippen LogP contribution in [0.5, 0.6) is 0 Å². The quantitative estimate of drug-likeness (QED) is 0.336. The van der Waals surface area contributed by atoms with E-state index < -0.39 is 12.1 Å². The largest absolute Gasteiger partial charge is 0.490 e. The van der Waals surface area contributed by atoms with Crippen molar-refractivity contribution in [2.75, 3.05) is 24.2 Å². The molecule has 0 unspecified atom stereocenters. The van der Waals surface area contributed by atoms with E-state index in [9.17, 15) is 18.0 Å². The van der Waals surface area contributed by atoms with Crippen LogP contribution in [0.4, 0.5) is 24.9 Å². The van der Waals surface area contributed by atoms with Crippen LogP contribution in [-0.4, -0.2) is 39.8 Å². The first-order chi connectivity index (χ1) is 14.8. The number of nitrogens with one attached hydrogen (secondary N) is 1. The van der Waals surface area contributed by atoms with Crippen LogP contribution < -0.4 is 11.1 Å². The Morgan fingerprint density at radius 2 is 2.13 bits per heavy atom. The number of benzene rings is 1. The number of nitrogens with two attached hydrogens (primary N) is 1. The third-order valence-corrected chi connectivity index (χ3v) is 5.60. The van der Waals surface area contributed by atoms with Crippen LogP contribution in [0.3, 0.4) is 0 Å². The standard InChI is InChI=1S/C20H18F3N5O2S/c1-28-7-5-11-15-13(10-12(16(11)28)14-4-2-9-31-14)26-19(24)27-17(15)25-6-3-8-30-18(29)20(21,22)23/h2,4-5,7,9-10H,3,6,8H2,1H3,(H3,24,25,26,27). The summed E-state index contributed by atoms with van der Waals surface area (Å²) >= 11 is 1.62. The molecule has 0 saturated carbocycles. The second kappa shape index (κ2) is 8.06. The molecule has 0 amide bonds. The number of hydrogen-bond donors (Lipinski definition) is 2. The average Bonchev–Trinajstić information content (AvgIpc) is 3.36. The van der Waals surface area contributed by atoms with E-state index >= 15 is 0 Å². The molecule has 0 aliphatic carbocycles. The first-order valence-electron chi connectivity index (χ1n) is 9.32. The minimum atomic E-state index is -5.00. The van der Waals surface area contributed by atoms with Crippen LogP contribution >= 0.6 is 11.3 Å². The number of aromatic nitrogens is 3. The number of carbonyl (C=O) groups excluding carboxylic acids is 1. The summed E-state index contributed by atoms with van der Waals surface area (Å²) in [7, 11) is 1.95. The Kier molecular flexibility index (Phi) is 5.44. The van der Waals surface area contributed by atoms with Gasteiger partial charge in [-0.2, -0.15) is 18.2 Å². The van der Waals surface area contributed by atoms with Gasteiger partial charge in [-0.25, -0.2) is 9.78 Å². The molecule has 0 radical (unpaired) electrons. The molecule has 3 N–H and O–H groups in total. The van der Waals surface area contributed by atoms with E-state index in [0.29, 0.717) is 11.3 Å². The molecular formula is C20H18F3N5O2S. The summed E-state index contributed by atoms with van der Waals surface area (Å²) in [5.41, 5.74) is 8.58. The smallest absolute Gasteiger partial charge is 0.459 e. The summed E-state index contributed by atoms with van der Waals surface area (Å²) in [5, 5.41) is 6.77. The number of esters is 1. The number of anilines is 2. The van der Waals surface area contributed by atoms with E-state index in [4.69, 9.17) is 5.73 Å². The van der Waals surface area contributed by atoms with Gasteiger partial charge in [0.25, 0.3) is 0 Å². The van der Waals surface area contributed by atoms with Gasteiger partial charge in [-0.1, -0.05) is 6.07 Å².